The number of imidazole rings is 1. The minimum absolute atomic E-state index is 0.00200. The molecule has 0 atom stereocenters. The lowest BCUT2D eigenvalue weighted by molar-refractivity contribution is -0.388. The maximum atomic E-state index is 11.4. The fraction of sp³-hybridized carbons (Fsp3) is 0.100. The smallest absolute Gasteiger partial charge is 0.356 e. The SMILES string of the molecule is COC(=O)c1ccc([N+](=O)[O-])c(Sc2ncc[nH]2)n1. The van der Waals surface area contributed by atoms with Crippen LogP contribution in [0.3, 0.4) is 0 Å². The second kappa shape index (κ2) is 5.48. The van der Waals surface area contributed by atoms with Crippen molar-refractivity contribution < 1.29 is 14.5 Å². The average Bonchev–Trinajstić information content (AvgIpc) is 2.90. The van der Waals surface area contributed by atoms with E-state index in [2.05, 4.69) is 19.7 Å². The van der Waals surface area contributed by atoms with Gasteiger partial charge < -0.3 is 9.72 Å². The van der Waals surface area contributed by atoms with Crippen LogP contribution in [0.5, 0.6) is 0 Å². The summed E-state index contributed by atoms with van der Waals surface area (Å²) < 4.78 is 4.52. The van der Waals surface area contributed by atoms with Crippen LogP contribution < -0.4 is 0 Å². The average molecular weight is 280 g/mol. The Hall–Kier alpha value is -2.42. The van der Waals surface area contributed by atoms with Crippen molar-refractivity contribution in [1.29, 1.82) is 0 Å². The summed E-state index contributed by atoms with van der Waals surface area (Å²) >= 11 is 0.964. The first-order chi connectivity index (χ1) is 9.11. The van der Waals surface area contributed by atoms with E-state index in [4.69, 9.17) is 0 Å². The molecular formula is C10H8N4O4S. The second-order valence-electron chi connectivity index (χ2n) is 3.27. The standard InChI is InChI=1S/C10H8N4O4S/c1-18-9(15)6-2-3-7(14(16)17)8(13-6)19-10-11-4-5-12-10/h2-5H,1H3,(H,11,12). The molecule has 0 bridgehead atoms. The number of hydrogen-bond acceptors (Lipinski definition) is 7. The Morgan fingerprint density at radius 1 is 1.53 bits per heavy atom. The van der Waals surface area contributed by atoms with Crippen LogP contribution >= 0.6 is 11.8 Å². The van der Waals surface area contributed by atoms with Crippen LogP contribution in [0.2, 0.25) is 0 Å². The molecule has 2 aromatic heterocycles. The van der Waals surface area contributed by atoms with Crippen molar-refractivity contribution in [1.82, 2.24) is 15.0 Å². The monoisotopic (exact) mass is 280 g/mol. The first-order valence-corrected chi connectivity index (χ1v) is 5.84. The van der Waals surface area contributed by atoms with E-state index in [1.54, 1.807) is 6.20 Å². The molecule has 0 fully saturated rings. The van der Waals surface area contributed by atoms with Gasteiger partial charge in [0, 0.05) is 18.5 Å². The molecule has 0 aliphatic carbocycles. The summed E-state index contributed by atoms with van der Waals surface area (Å²) in [5, 5.41) is 11.4. The molecule has 0 aliphatic heterocycles. The number of esters is 1. The highest BCUT2D eigenvalue weighted by atomic mass is 32.2. The first-order valence-electron chi connectivity index (χ1n) is 5.03. The Balaban J connectivity index is 2.41. The predicted octanol–water partition coefficient (Wildman–Crippen LogP) is 1.65. The molecule has 2 aromatic rings. The molecule has 2 rings (SSSR count). The summed E-state index contributed by atoms with van der Waals surface area (Å²) in [6.45, 7) is 0. The second-order valence-corrected chi connectivity index (χ2v) is 4.24. The maximum Gasteiger partial charge on any atom is 0.356 e. The number of rotatable bonds is 4. The van der Waals surface area contributed by atoms with E-state index in [0.29, 0.717) is 5.16 Å². The number of carbonyl (C=O) groups is 1. The number of ether oxygens (including phenoxy) is 1. The summed E-state index contributed by atoms with van der Waals surface area (Å²) in [6, 6.07) is 2.46. The Morgan fingerprint density at radius 2 is 2.32 bits per heavy atom. The van der Waals surface area contributed by atoms with E-state index in [1.807, 2.05) is 0 Å². The van der Waals surface area contributed by atoms with Gasteiger partial charge in [-0.15, -0.1) is 0 Å². The predicted molar refractivity (Wildman–Crippen MR) is 64.9 cm³/mol. The third kappa shape index (κ3) is 2.88. The Bertz CT molecular complexity index is 614. The van der Waals surface area contributed by atoms with Crippen molar-refractivity contribution in [3.8, 4) is 0 Å². The lowest BCUT2D eigenvalue weighted by Gasteiger charge is -2.02. The van der Waals surface area contributed by atoms with Gasteiger partial charge in [0.15, 0.2) is 10.2 Å². The van der Waals surface area contributed by atoms with E-state index in [0.717, 1.165) is 11.8 Å². The van der Waals surface area contributed by atoms with Crippen LogP contribution in [0.25, 0.3) is 0 Å². The molecule has 98 valence electrons. The van der Waals surface area contributed by atoms with Gasteiger partial charge in [-0.1, -0.05) is 0 Å². The number of aromatic nitrogens is 3. The van der Waals surface area contributed by atoms with E-state index in [9.17, 15) is 14.9 Å². The van der Waals surface area contributed by atoms with Crippen molar-refractivity contribution in [2.45, 2.75) is 10.2 Å². The van der Waals surface area contributed by atoms with Gasteiger partial charge in [0.05, 0.1) is 12.0 Å². The Morgan fingerprint density at radius 3 is 2.89 bits per heavy atom. The molecule has 2 heterocycles. The highest BCUT2D eigenvalue weighted by Crippen LogP contribution is 2.31. The molecule has 1 N–H and O–H groups in total. The van der Waals surface area contributed by atoms with Gasteiger partial charge in [0.1, 0.15) is 5.69 Å². The number of nitro groups is 1. The Labute approximate surface area is 111 Å². The zero-order valence-corrected chi connectivity index (χ0v) is 10.5. The van der Waals surface area contributed by atoms with E-state index >= 15 is 0 Å². The fourth-order valence-electron chi connectivity index (χ4n) is 1.26. The summed E-state index contributed by atoms with van der Waals surface area (Å²) in [6.07, 6.45) is 3.09. The van der Waals surface area contributed by atoms with Crippen molar-refractivity contribution >= 4 is 23.4 Å². The zero-order chi connectivity index (χ0) is 13.8. The van der Waals surface area contributed by atoms with Crippen LogP contribution in [0, 0.1) is 10.1 Å². The zero-order valence-electron chi connectivity index (χ0n) is 9.69. The van der Waals surface area contributed by atoms with Crippen LogP contribution in [-0.4, -0.2) is 33.0 Å². The van der Waals surface area contributed by atoms with E-state index in [-0.39, 0.29) is 16.4 Å². The molecule has 19 heavy (non-hydrogen) atoms. The lowest BCUT2D eigenvalue weighted by atomic mass is 10.3. The van der Waals surface area contributed by atoms with Gasteiger partial charge in [-0.25, -0.2) is 14.8 Å². The number of pyridine rings is 1. The molecule has 9 heteroatoms. The van der Waals surface area contributed by atoms with Crippen LogP contribution in [-0.2, 0) is 4.74 Å². The number of aromatic amines is 1. The van der Waals surface area contributed by atoms with Crippen molar-refractivity contribution in [3.63, 3.8) is 0 Å². The molecular weight excluding hydrogens is 272 g/mol. The van der Waals surface area contributed by atoms with Crippen molar-refractivity contribution in [3.05, 3.63) is 40.3 Å². The maximum absolute atomic E-state index is 11.4. The highest BCUT2D eigenvalue weighted by molar-refractivity contribution is 7.99. The molecule has 0 spiro atoms. The molecule has 0 saturated heterocycles. The molecule has 0 radical (unpaired) electrons. The van der Waals surface area contributed by atoms with Crippen molar-refractivity contribution in [2.24, 2.45) is 0 Å². The minimum Gasteiger partial charge on any atom is -0.464 e. The number of carbonyl (C=O) groups excluding carboxylic acids is 1. The summed E-state index contributed by atoms with van der Waals surface area (Å²) in [5.74, 6) is -0.656. The summed E-state index contributed by atoms with van der Waals surface area (Å²) in [5.41, 5.74) is -0.198. The lowest BCUT2D eigenvalue weighted by Crippen LogP contribution is -2.06. The fourth-order valence-corrected chi connectivity index (χ4v) is 2.08. The van der Waals surface area contributed by atoms with Crippen LogP contribution in [0.15, 0.2) is 34.7 Å². The molecule has 8 nitrogen and oxygen atoms in total. The molecule has 0 aliphatic rings. The summed E-state index contributed by atoms with van der Waals surface area (Å²) in [7, 11) is 1.21. The minimum atomic E-state index is -0.656. The number of methoxy groups -OCH3 is 1. The van der Waals surface area contributed by atoms with Gasteiger partial charge in [0.2, 0.25) is 0 Å². The molecule has 0 saturated carbocycles. The van der Waals surface area contributed by atoms with Gasteiger partial charge in [-0.3, -0.25) is 10.1 Å². The number of nitrogens with zero attached hydrogens (tertiary/aromatic N) is 3. The third-order valence-corrected chi connectivity index (χ3v) is 3.01. The van der Waals surface area contributed by atoms with Gasteiger partial charge in [-0.2, -0.15) is 0 Å². The van der Waals surface area contributed by atoms with Crippen LogP contribution in [0.4, 0.5) is 5.69 Å². The molecule has 0 amide bonds. The third-order valence-electron chi connectivity index (χ3n) is 2.10. The number of hydrogen-bond donors (Lipinski definition) is 1. The normalized spacial score (nSPS) is 10.2. The molecule has 0 aromatic carbocycles. The highest BCUT2D eigenvalue weighted by Gasteiger charge is 2.20. The van der Waals surface area contributed by atoms with Crippen LogP contribution in [0.1, 0.15) is 10.5 Å². The Kier molecular flexibility index (Phi) is 3.76. The van der Waals surface area contributed by atoms with E-state index in [1.165, 1.54) is 25.4 Å². The first kappa shape index (κ1) is 13.0. The largest absolute Gasteiger partial charge is 0.464 e. The van der Waals surface area contributed by atoms with Gasteiger partial charge in [0.25, 0.3) is 0 Å². The topological polar surface area (TPSA) is 111 Å². The quantitative estimate of drug-likeness (QED) is 0.515. The van der Waals surface area contributed by atoms with Gasteiger partial charge >= 0.3 is 11.7 Å². The molecule has 0 unspecified atom stereocenters. The van der Waals surface area contributed by atoms with E-state index < -0.39 is 10.9 Å². The number of nitrogens with one attached hydrogen (secondary N) is 1. The number of H-pyrrole nitrogens is 1. The van der Waals surface area contributed by atoms with Gasteiger partial charge in [-0.05, 0) is 17.8 Å². The summed E-state index contributed by atoms with van der Waals surface area (Å²) in [4.78, 5) is 32.3. The van der Waals surface area contributed by atoms with Crippen molar-refractivity contribution in [2.75, 3.05) is 7.11 Å².